The second kappa shape index (κ2) is 7.83. The molecule has 25 heavy (non-hydrogen) atoms. The van der Waals surface area contributed by atoms with Gasteiger partial charge in [0.15, 0.2) is 6.10 Å². The van der Waals surface area contributed by atoms with Crippen LogP contribution >= 0.6 is 0 Å². The van der Waals surface area contributed by atoms with Crippen molar-refractivity contribution in [3.63, 3.8) is 0 Å². The predicted molar refractivity (Wildman–Crippen MR) is 90.3 cm³/mol. The molecule has 0 bridgehead atoms. The largest absolute Gasteiger partial charge is 0.489 e. The molecule has 0 unspecified atom stereocenters. The quantitative estimate of drug-likeness (QED) is 0.748. The highest BCUT2D eigenvalue weighted by Gasteiger charge is 2.20. The van der Waals surface area contributed by atoms with E-state index in [0.717, 1.165) is 11.3 Å². The molecule has 1 aromatic carbocycles. The lowest BCUT2D eigenvalue weighted by Gasteiger charge is -2.17. The second-order valence-corrected chi connectivity index (χ2v) is 5.90. The number of amides is 1. The Kier molecular flexibility index (Phi) is 5.80. The number of aromatic nitrogens is 1. The topological polar surface area (TPSA) is 81.9 Å². The van der Waals surface area contributed by atoms with Crippen LogP contribution in [0.2, 0.25) is 0 Å². The van der Waals surface area contributed by atoms with Crippen LogP contribution < -0.4 is 4.74 Å². The van der Waals surface area contributed by atoms with Gasteiger partial charge in [0.1, 0.15) is 18.1 Å². The fourth-order valence-corrected chi connectivity index (χ4v) is 2.22. The fraction of sp³-hybridized carbons (Fsp3) is 0.389. The van der Waals surface area contributed by atoms with Crippen LogP contribution in [-0.2, 0) is 16.1 Å². The lowest BCUT2D eigenvalue weighted by molar-refractivity contribution is -0.137. The van der Waals surface area contributed by atoms with Crippen molar-refractivity contribution in [2.24, 2.45) is 0 Å². The summed E-state index contributed by atoms with van der Waals surface area (Å²) in [5.41, 5.74) is 1.96. The minimum atomic E-state index is -0.852. The Morgan fingerprint density at radius 2 is 2.00 bits per heavy atom. The molecular formula is C18H22N2O5. The summed E-state index contributed by atoms with van der Waals surface area (Å²) in [4.78, 5) is 25.4. The van der Waals surface area contributed by atoms with Crippen LogP contribution in [0.5, 0.6) is 5.75 Å². The Hall–Kier alpha value is -2.83. The molecule has 0 radical (unpaired) electrons. The first-order chi connectivity index (χ1) is 11.8. The van der Waals surface area contributed by atoms with Gasteiger partial charge in [-0.25, -0.2) is 4.79 Å². The Morgan fingerprint density at radius 1 is 1.28 bits per heavy atom. The number of hydrogen-bond acceptors (Lipinski definition) is 6. The molecule has 1 atom stereocenters. The summed E-state index contributed by atoms with van der Waals surface area (Å²) < 4.78 is 16.0. The van der Waals surface area contributed by atoms with Gasteiger partial charge in [-0.05, 0) is 39.0 Å². The van der Waals surface area contributed by atoms with E-state index in [1.54, 1.807) is 38.4 Å². The Morgan fingerprint density at radius 3 is 2.60 bits per heavy atom. The van der Waals surface area contributed by atoms with Crippen LogP contribution in [-0.4, -0.2) is 42.1 Å². The van der Waals surface area contributed by atoms with Crippen LogP contribution in [0, 0.1) is 13.8 Å². The minimum Gasteiger partial charge on any atom is -0.489 e. The third-order valence-electron chi connectivity index (χ3n) is 3.71. The zero-order chi connectivity index (χ0) is 18.6. The molecule has 0 aliphatic carbocycles. The van der Waals surface area contributed by atoms with Gasteiger partial charge in [-0.15, -0.1) is 0 Å². The summed E-state index contributed by atoms with van der Waals surface area (Å²) in [6, 6.07) is 6.62. The molecule has 1 amide bonds. The van der Waals surface area contributed by atoms with Crippen molar-refractivity contribution in [3.05, 3.63) is 46.8 Å². The Balaban J connectivity index is 2.03. The van der Waals surface area contributed by atoms with Gasteiger partial charge < -0.3 is 18.9 Å². The molecule has 1 aromatic heterocycles. The minimum absolute atomic E-state index is 0.279. The number of hydrogen-bond donors (Lipinski definition) is 0. The standard InChI is InChI=1S/C18H22N2O5/c1-11-16(12(2)25-19-11)10-23-15-8-6-7-14(9-15)18(22)24-13(3)17(21)20(4)5/h6-9,13H,10H2,1-5H3/t13-/m1/s1. The van der Waals surface area contributed by atoms with Gasteiger partial charge in [-0.2, -0.15) is 0 Å². The molecule has 0 N–H and O–H groups in total. The SMILES string of the molecule is Cc1noc(C)c1COc1cccc(C(=O)O[C@H](C)C(=O)N(C)C)c1. The molecule has 0 saturated heterocycles. The van der Waals surface area contributed by atoms with E-state index in [0.29, 0.717) is 17.1 Å². The van der Waals surface area contributed by atoms with Crippen molar-refractivity contribution in [2.45, 2.75) is 33.5 Å². The van der Waals surface area contributed by atoms with Crippen LogP contribution in [0.4, 0.5) is 0 Å². The van der Waals surface area contributed by atoms with Gasteiger partial charge >= 0.3 is 5.97 Å². The van der Waals surface area contributed by atoms with E-state index in [1.165, 1.54) is 11.8 Å². The van der Waals surface area contributed by atoms with Gasteiger partial charge in [-0.1, -0.05) is 11.2 Å². The molecule has 1 heterocycles. The maximum atomic E-state index is 12.2. The van der Waals surface area contributed by atoms with Crippen molar-refractivity contribution in [1.82, 2.24) is 10.1 Å². The average molecular weight is 346 g/mol. The zero-order valence-corrected chi connectivity index (χ0v) is 15.0. The van der Waals surface area contributed by atoms with Gasteiger partial charge in [-0.3, -0.25) is 4.79 Å². The summed E-state index contributed by atoms with van der Waals surface area (Å²) in [7, 11) is 3.21. The van der Waals surface area contributed by atoms with Gasteiger partial charge in [0, 0.05) is 14.1 Å². The molecule has 7 heteroatoms. The van der Waals surface area contributed by atoms with Crippen LogP contribution in [0.3, 0.4) is 0 Å². The predicted octanol–water partition coefficient (Wildman–Crippen LogP) is 2.50. The molecule has 7 nitrogen and oxygen atoms in total. The second-order valence-electron chi connectivity index (χ2n) is 5.90. The smallest absolute Gasteiger partial charge is 0.339 e. The number of benzene rings is 1. The molecule has 0 fully saturated rings. The molecule has 2 aromatic rings. The monoisotopic (exact) mass is 346 g/mol. The molecule has 0 saturated carbocycles. The third kappa shape index (κ3) is 4.59. The first kappa shape index (κ1) is 18.5. The maximum absolute atomic E-state index is 12.2. The number of ether oxygens (including phenoxy) is 2. The van der Waals surface area contributed by atoms with Crippen molar-refractivity contribution in [2.75, 3.05) is 14.1 Å². The van der Waals surface area contributed by atoms with Crippen LogP contribution in [0.1, 0.15) is 34.3 Å². The molecule has 0 aliphatic heterocycles. The number of carbonyl (C=O) groups is 2. The fourth-order valence-electron chi connectivity index (χ4n) is 2.22. The number of carbonyl (C=O) groups excluding carboxylic acids is 2. The maximum Gasteiger partial charge on any atom is 0.339 e. The van der Waals surface area contributed by atoms with E-state index >= 15 is 0 Å². The molecule has 134 valence electrons. The Bertz CT molecular complexity index is 747. The van der Waals surface area contributed by atoms with E-state index in [-0.39, 0.29) is 12.5 Å². The lowest BCUT2D eigenvalue weighted by atomic mass is 10.2. The number of rotatable bonds is 6. The van der Waals surface area contributed by atoms with E-state index in [1.807, 2.05) is 13.8 Å². The third-order valence-corrected chi connectivity index (χ3v) is 3.71. The zero-order valence-electron chi connectivity index (χ0n) is 15.0. The number of esters is 1. The first-order valence-electron chi connectivity index (χ1n) is 7.86. The number of likely N-dealkylation sites (N-methyl/N-ethyl adjacent to an activating group) is 1. The summed E-state index contributed by atoms with van der Waals surface area (Å²) in [5, 5.41) is 3.87. The summed E-state index contributed by atoms with van der Waals surface area (Å²) in [5.74, 6) is 0.356. The van der Waals surface area contributed by atoms with Gasteiger partial charge in [0.2, 0.25) is 0 Å². The average Bonchev–Trinajstić information content (AvgIpc) is 2.90. The van der Waals surface area contributed by atoms with Crippen LogP contribution in [0.25, 0.3) is 0 Å². The molecule has 2 rings (SSSR count). The summed E-state index contributed by atoms with van der Waals surface area (Å²) in [6.45, 7) is 5.48. The first-order valence-corrected chi connectivity index (χ1v) is 7.86. The normalized spacial score (nSPS) is 11.7. The number of aryl methyl sites for hydroxylation is 2. The van der Waals surface area contributed by atoms with Crippen molar-refractivity contribution in [1.29, 1.82) is 0 Å². The Labute approximate surface area is 146 Å². The number of nitrogens with zero attached hydrogens (tertiary/aromatic N) is 2. The van der Waals surface area contributed by atoms with E-state index in [2.05, 4.69) is 5.16 Å². The van der Waals surface area contributed by atoms with Crippen molar-refractivity contribution in [3.8, 4) is 5.75 Å². The van der Waals surface area contributed by atoms with Gasteiger partial charge in [0.25, 0.3) is 5.91 Å². The van der Waals surface area contributed by atoms with Crippen molar-refractivity contribution < 1.29 is 23.6 Å². The highest BCUT2D eigenvalue weighted by atomic mass is 16.5. The highest BCUT2D eigenvalue weighted by molar-refractivity contribution is 5.92. The van der Waals surface area contributed by atoms with Gasteiger partial charge in [0.05, 0.1) is 16.8 Å². The van der Waals surface area contributed by atoms with Crippen LogP contribution in [0.15, 0.2) is 28.8 Å². The molecule has 0 aliphatic rings. The summed E-state index contributed by atoms with van der Waals surface area (Å²) >= 11 is 0. The van der Waals surface area contributed by atoms with E-state index in [4.69, 9.17) is 14.0 Å². The lowest BCUT2D eigenvalue weighted by Crippen LogP contribution is -2.34. The highest BCUT2D eigenvalue weighted by Crippen LogP contribution is 2.19. The molecular weight excluding hydrogens is 324 g/mol. The van der Waals surface area contributed by atoms with E-state index < -0.39 is 12.1 Å². The summed E-state index contributed by atoms with van der Waals surface area (Å²) in [6.07, 6.45) is -0.852. The van der Waals surface area contributed by atoms with Crippen molar-refractivity contribution >= 4 is 11.9 Å². The van der Waals surface area contributed by atoms with E-state index in [9.17, 15) is 9.59 Å². The molecule has 0 spiro atoms.